The number of para-hydroxylation sites is 4. The van der Waals surface area contributed by atoms with E-state index in [1.165, 1.54) is 27.5 Å². The van der Waals surface area contributed by atoms with Crippen molar-refractivity contribution in [3.63, 3.8) is 0 Å². The normalized spacial score (nSPS) is 11.6. The van der Waals surface area contributed by atoms with Crippen molar-refractivity contribution in [3.8, 4) is 39.5 Å². The third-order valence-electron chi connectivity index (χ3n) is 8.52. The minimum atomic E-state index is 0.730. The highest BCUT2D eigenvalue weighted by atomic mass is 15.1. The number of imidazole rings is 1. The van der Waals surface area contributed by atoms with E-state index in [1.54, 1.807) is 0 Å². The van der Waals surface area contributed by atoms with Crippen LogP contribution in [-0.4, -0.2) is 18.9 Å². The number of aromatic nitrogens is 4. The van der Waals surface area contributed by atoms with Gasteiger partial charge in [0.1, 0.15) is 5.65 Å². The molecule has 0 fully saturated rings. The Labute approximate surface area is 254 Å². The van der Waals surface area contributed by atoms with Gasteiger partial charge in [0, 0.05) is 33.2 Å². The molecule has 3 heterocycles. The second kappa shape index (κ2) is 9.79. The van der Waals surface area contributed by atoms with Crippen molar-refractivity contribution in [1.29, 1.82) is 0 Å². The molecule has 0 amide bonds. The Balaban J connectivity index is 1.29. The third-order valence-corrected chi connectivity index (χ3v) is 8.52. The molecule has 0 aliphatic carbocycles. The summed E-state index contributed by atoms with van der Waals surface area (Å²) in [5.41, 5.74) is 12.2. The molecule has 0 radical (unpaired) electrons. The van der Waals surface area contributed by atoms with Gasteiger partial charge in [-0.25, -0.2) is 9.97 Å². The van der Waals surface area contributed by atoms with E-state index in [2.05, 4.69) is 142 Å². The Bertz CT molecular complexity index is 2470. The average molecular weight is 563 g/mol. The van der Waals surface area contributed by atoms with Crippen LogP contribution >= 0.6 is 0 Å². The maximum absolute atomic E-state index is 5.09. The number of benzene rings is 6. The molecule has 4 nitrogen and oxygen atoms in total. The molecule has 0 spiro atoms. The number of rotatable bonds is 4. The average Bonchev–Trinajstić information content (AvgIpc) is 3.61. The molecule has 0 saturated heterocycles. The second-order valence-electron chi connectivity index (χ2n) is 11.1. The molecule has 4 heteroatoms. The van der Waals surface area contributed by atoms with Gasteiger partial charge in [0.05, 0.1) is 27.8 Å². The van der Waals surface area contributed by atoms with Crippen molar-refractivity contribution in [2.24, 2.45) is 0 Å². The summed E-state index contributed by atoms with van der Waals surface area (Å²) < 4.78 is 4.81. The predicted molar refractivity (Wildman–Crippen MR) is 181 cm³/mol. The van der Waals surface area contributed by atoms with E-state index in [0.717, 1.165) is 50.4 Å². The van der Waals surface area contributed by atoms with Gasteiger partial charge in [0.25, 0.3) is 0 Å². The molecule has 0 aliphatic rings. The minimum absolute atomic E-state index is 0.730. The van der Waals surface area contributed by atoms with E-state index in [0.29, 0.717) is 0 Å². The lowest BCUT2D eigenvalue weighted by Crippen LogP contribution is -1.97. The van der Waals surface area contributed by atoms with Gasteiger partial charge in [0.2, 0.25) is 0 Å². The summed E-state index contributed by atoms with van der Waals surface area (Å²) in [6.07, 6.45) is 0. The monoisotopic (exact) mass is 562 g/mol. The smallest absolute Gasteiger partial charge is 0.160 e. The van der Waals surface area contributed by atoms with Gasteiger partial charge >= 0.3 is 0 Å². The van der Waals surface area contributed by atoms with E-state index >= 15 is 0 Å². The largest absolute Gasteiger partial charge is 0.293 e. The molecule has 9 aromatic rings. The molecule has 44 heavy (non-hydrogen) atoms. The van der Waals surface area contributed by atoms with Crippen LogP contribution < -0.4 is 0 Å². The molecule has 6 aromatic carbocycles. The van der Waals surface area contributed by atoms with Crippen molar-refractivity contribution in [2.45, 2.75) is 0 Å². The summed E-state index contributed by atoms with van der Waals surface area (Å²) in [4.78, 5) is 9.99. The van der Waals surface area contributed by atoms with Gasteiger partial charge < -0.3 is 0 Å². The SMILES string of the molecule is c1ccc(-c2nc(-c3ccc(-n4c5ccccc5n5c6ccccc6c(-c6ccccc6)c45)cc3)c3ccccc3n2)cc1. The molecular weight excluding hydrogens is 536 g/mol. The molecule has 206 valence electrons. The van der Waals surface area contributed by atoms with Gasteiger partial charge in [-0.3, -0.25) is 8.97 Å². The van der Waals surface area contributed by atoms with Crippen LogP contribution in [0.15, 0.2) is 158 Å². The first-order chi connectivity index (χ1) is 21.8. The minimum Gasteiger partial charge on any atom is -0.293 e. The van der Waals surface area contributed by atoms with E-state index in [-0.39, 0.29) is 0 Å². The van der Waals surface area contributed by atoms with Crippen molar-refractivity contribution in [3.05, 3.63) is 158 Å². The van der Waals surface area contributed by atoms with Gasteiger partial charge in [-0.1, -0.05) is 121 Å². The van der Waals surface area contributed by atoms with E-state index in [4.69, 9.17) is 9.97 Å². The molecule has 0 aliphatic heterocycles. The van der Waals surface area contributed by atoms with Crippen LogP contribution in [0.4, 0.5) is 0 Å². The Morgan fingerprint density at radius 1 is 0.409 bits per heavy atom. The number of hydrogen-bond acceptors (Lipinski definition) is 2. The summed E-state index contributed by atoms with van der Waals surface area (Å²) in [7, 11) is 0. The lowest BCUT2D eigenvalue weighted by Gasteiger charge is -2.12. The Hall–Kier alpha value is -6.00. The molecule has 0 unspecified atom stereocenters. The highest BCUT2D eigenvalue weighted by Gasteiger charge is 2.22. The number of nitrogens with zero attached hydrogens (tertiary/aromatic N) is 4. The molecule has 3 aromatic heterocycles. The van der Waals surface area contributed by atoms with Crippen LogP contribution in [0, 0.1) is 0 Å². The van der Waals surface area contributed by atoms with Crippen LogP contribution in [0.5, 0.6) is 0 Å². The topological polar surface area (TPSA) is 35.1 Å². The summed E-state index contributed by atoms with van der Waals surface area (Å²) in [5, 5.41) is 2.28. The van der Waals surface area contributed by atoms with Crippen LogP contribution in [0.2, 0.25) is 0 Å². The highest BCUT2D eigenvalue weighted by Crippen LogP contribution is 2.41. The zero-order valence-electron chi connectivity index (χ0n) is 23.8. The van der Waals surface area contributed by atoms with Crippen LogP contribution in [0.1, 0.15) is 0 Å². The Morgan fingerprint density at radius 2 is 1.00 bits per heavy atom. The van der Waals surface area contributed by atoms with Gasteiger partial charge in [-0.05, 0) is 42.0 Å². The number of hydrogen-bond donors (Lipinski definition) is 0. The lowest BCUT2D eigenvalue weighted by atomic mass is 10.0. The maximum Gasteiger partial charge on any atom is 0.160 e. The van der Waals surface area contributed by atoms with Gasteiger partial charge in [-0.15, -0.1) is 0 Å². The van der Waals surface area contributed by atoms with E-state index in [1.807, 2.05) is 24.3 Å². The molecule has 0 atom stereocenters. The Morgan fingerprint density at radius 3 is 1.75 bits per heavy atom. The third kappa shape index (κ3) is 3.71. The maximum atomic E-state index is 5.09. The summed E-state index contributed by atoms with van der Waals surface area (Å²) in [6.45, 7) is 0. The van der Waals surface area contributed by atoms with E-state index < -0.39 is 0 Å². The fourth-order valence-electron chi connectivity index (χ4n) is 6.57. The second-order valence-corrected chi connectivity index (χ2v) is 11.1. The van der Waals surface area contributed by atoms with Crippen molar-refractivity contribution in [1.82, 2.24) is 18.9 Å². The summed E-state index contributed by atoms with van der Waals surface area (Å²) in [5.74, 6) is 0.730. The Kier molecular flexibility index (Phi) is 5.47. The standard InChI is InChI=1S/C40H26N4/c1-3-13-27(14-4-1)37-32-18-8-10-20-34(32)44-36-22-12-11-21-35(36)43(40(37)44)30-25-23-28(24-26-30)38-31-17-7-9-19-33(31)41-39(42-38)29-15-5-2-6-16-29/h1-26H. The molecule has 0 bridgehead atoms. The predicted octanol–water partition coefficient (Wildman–Crippen LogP) is 9.98. The zero-order chi connectivity index (χ0) is 29.0. The highest BCUT2D eigenvalue weighted by molar-refractivity contribution is 6.09. The van der Waals surface area contributed by atoms with Crippen molar-refractivity contribution < 1.29 is 0 Å². The first kappa shape index (κ1) is 24.6. The summed E-state index contributed by atoms with van der Waals surface area (Å²) in [6, 6.07) is 55.4. The van der Waals surface area contributed by atoms with Crippen LogP contribution in [-0.2, 0) is 0 Å². The molecular formula is C40H26N4. The fraction of sp³-hybridized carbons (Fsp3) is 0. The van der Waals surface area contributed by atoms with Crippen LogP contribution in [0.3, 0.4) is 0 Å². The van der Waals surface area contributed by atoms with Crippen LogP contribution in [0.25, 0.3) is 77.9 Å². The van der Waals surface area contributed by atoms with Gasteiger partial charge in [0.15, 0.2) is 5.82 Å². The zero-order valence-corrected chi connectivity index (χ0v) is 23.8. The first-order valence-electron chi connectivity index (χ1n) is 14.9. The quantitative estimate of drug-likeness (QED) is 0.214. The van der Waals surface area contributed by atoms with Crippen molar-refractivity contribution >= 4 is 38.5 Å². The van der Waals surface area contributed by atoms with Crippen molar-refractivity contribution in [2.75, 3.05) is 0 Å². The summed E-state index contributed by atoms with van der Waals surface area (Å²) >= 11 is 0. The number of fused-ring (bicyclic) bond motifs is 6. The molecule has 9 rings (SSSR count). The molecule has 0 saturated carbocycles. The fourth-order valence-corrected chi connectivity index (χ4v) is 6.57. The van der Waals surface area contributed by atoms with E-state index in [9.17, 15) is 0 Å². The molecule has 0 N–H and O–H groups in total. The lowest BCUT2D eigenvalue weighted by molar-refractivity contribution is 1.15. The first-order valence-corrected chi connectivity index (χ1v) is 14.9. The van der Waals surface area contributed by atoms with Gasteiger partial charge in [-0.2, -0.15) is 0 Å².